The Balaban J connectivity index is 1.87. The standard InChI is InChI=1S/C20H22N4O9/c1-11(26)21-19-15(24(30)31)8-14(17-9-16(27)18(10-25)33-17)20(22-19)32-7-6-12-2-4-13(5-3-12)23(28)29/h2-5,8,16-18,25,27H,6-7,9-10H2,1H3,(H,21,22,26)/t16-,17+,18+/m0/s1. The largest absolute Gasteiger partial charge is 0.477 e. The third kappa shape index (κ3) is 5.77. The first-order chi connectivity index (χ1) is 15.7. The van der Waals surface area contributed by atoms with Gasteiger partial charge in [-0.2, -0.15) is 4.98 Å². The molecule has 1 amide bonds. The molecule has 3 rings (SSSR count). The number of aliphatic hydroxyl groups is 2. The van der Waals surface area contributed by atoms with Crippen LogP contribution in [0.4, 0.5) is 17.2 Å². The summed E-state index contributed by atoms with van der Waals surface area (Å²) in [6.45, 7) is 0.804. The molecule has 1 aromatic heterocycles. The molecule has 2 aromatic rings. The van der Waals surface area contributed by atoms with E-state index in [1.165, 1.54) is 19.1 Å². The number of nitro groups is 2. The normalized spacial score (nSPS) is 19.8. The Hall–Kier alpha value is -3.68. The van der Waals surface area contributed by atoms with Gasteiger partial charge in [0.05, 0.1) is 40.8 Å². The Morgan fingerprint density at radius 2 is 1.97 bits per heavy atom. The Bertz CT molecular complexity index is 1040. The molecule has 176 valence electrons. The van der Waals surface area contributed by atoms with Crippen LogP contribution < -0.4 is 10.1 Å². The molecule has 0 spiro atoms. The molecule has 1 aromatic carbocycles. The number of amides is 1. The molecule has 1 aliphatic heterocycles. The van der Waals surface area contributed by atoms with Crippen LogP contribution in [0.25, 0.3) is 0 Å². The van der Waals surface area contributed by atoms with E-state index in [1.807, 2.05) is 0 Å². The van der Waals surface area contributed by atoms with Crippen molar-refractivity contribution in [3.8, 4) is 5.88 Å². The number of nitrogens with zero attached hydrogens (tertiary/aromatic N) is 3. The lowest BCUT2D eigenvalue weighted by atomic mass is 10.0. The number of carbonyl (C=O) groups excluding carboxylic acids is 1. The molecule has 0 saturated carbocycles. The molecule has 1 fully saturated rings. The van der Waals surface area contributed by atoms with Gasteiger partial charge >= 0.3 is 5.69 Å². The fourth-order valence-electron chi connectivity index (χ4n) is 3.39. The zero-order valence-electron chi connectivity index (χ0n) is 17.5. The van der Waals surface area contributed by atoms with Gasteiger partial charge in [-0.05, 0) is 5.56 Å². The fraction of sp³-hybridized carbons (Fsp3) is 0.400. The topological polar surface area (TPSA) is 187 Å². The number of nitrogens with one attached hydrogen (secondary N) is 1. The number of aliphatic hydroxyl groups excluding tert-OH is 2. The summed E-state index contributed by atoms with van der Waals surface area (Å²) in [5.41, 5.74) is 0.413. The van der Waals surface area contributed by atoms with Crippen LogP contribution in [0, 0.1) is 20.2 Å². The lowest BCUT2D eigenvalue weighted by Crippen LogP contribution is -2.24. The van der Waals surface area contributed by atoms with Gasteiger partial charge in [-0.25, -0.2) is 0 Å². The van der Waals surface area contributed by atoms with E-state index in [0.717, 1.165) is 11.6 Å². The fourth-order valence-corrected chi connectivity index (χ4v) is 3.39. The molecule has 3 atom stereocenters. The molecule has 0 radical (unpaired) electrons. The summed E-state index contributed by atoms with van der Waals surface area (Å²) < 4.78 is 11.4. The molecule has 13 heteroatoms. The number of non-ortho nitro benzene ring substituents is 1. The van der Waals surface area contributed by atoms with Gasteiger partial charge in [0.15, 0.2) is 0 Å². The van der Waals surface area contributed by atoms with Crippen LogP contribution in [0.5, 0.6) is 5.88 Å². The number of hydrogen-bond acceptors (Lipinski definition) is 10. The van der Waals surface area contributed by atoms with Crippen LogP contribution in [-0.2, 0) is 16.0 Å². The zero-order chi connectivity index (χ0) is 24.1. The van der Waals surface area contributed by atoms with Crippen LogP contribution in [0.3, 0.4) is 0 Å². The van der Waals surface area contributed by atoms with Gasteiger partial charge in [0.2, 0.25) is 17.6 Å². The van der Waals surface area contributed by atoms with Gasteiger partial charge in [0.1, 0.15) is 6.10 Å². The lowest BCUT2D eigenvalue weighted by molar-refractivity contribution is -0.384. The second-order valence-corrected chi connectivity index (χ2v) is 7.36. The van der Waals surface area contributed by atoms with E-state index in [9.17, 15) is 35.2 Å². The van der Waals surface area contributed by atoms with Crippen molar-refractivity contribution in [2.45, 2.75) is 38.1 Å². The van der Waals surface area contributed by atoms with Gasteiger partial charge in [-0.15, -0.1) is 0 Å². The first-order valence-corrected chi connectivity index (χ1v) is 9.97. The van der Waals surface area contributed by atoms with Crippen LogP contribution in [0.1, 0.15) is 30.6 Å². The molecular formula is C20H22N4O9. The average Bonchev–Trinajstić information content (AvgIpc) is 3.14. The third-order valence-electron chi connectivity index (χ3n) is 5.01. The molecule has 13 nitrogen and oxygen atoms in total. The smallest absolute Gasteiger partial charge is 0.312 e. The van der Waals surface area contributed by atoms with Crippen LogP contribution in [0.2, 0.25) is 0 Å². The number of anilines is 1. The first-order valence-electron chi connectivity index (χ1n) is 9.97. The second-order valence-electron chi connectivity index (χ2n) is 7.36. The van der Waals surface area contributed by atoms with E-state index in [4.69, 9.17) is 9.47 Å². The monoisotopic (exact) mass is 462 g/mol. The quantitative estimate of drug-likeness (QED) is 0.365. The van der Waals surface area contributed by atoms with Crippen molar-refractivity contribution in [2.24, 2.45) is 0 Å². The van der Waals surface area contributed by atoms with E-state index < -0.39 is 46.4 Å². The summed E-state index contributed by atoms with van der Waals surface area (Å²) in [4.78, 5) is 36.7. The van der Waals surface area contributed by atoms with E-state index in [2.05, 4.69) is 10.3 Å². The highest BCUT2D eigenvalue weighted by Crippen LogP contribution is 2.40. The summed E-state index contributed by atoms with van der Waals surface area (Å²) >= 11 is 0. The van der Waals surface area contributed by atoms with Crippen molar-refractivity contribution < 1.29 is 34.3 Å². The summed E-state index contributed by atoms with van der Waals surface area (Å²) in [5, 5.41) is 44.0. The van der Waals surface area contributed by atoms with Crippen molar-refractivity contribution in [1.82, 2.24) is 4.98 Å². The summed E-state index contributed by atoms with van der Waals surface area (Å²) in [7, 11) is 0. The summed E-state index contributed by atoms with van der Waals surface area (Å²) in [6, 6.07) is 7.05. The maximum absolute atomic E-state index is 11.5. The highest BCUT2D eigenvalue weighted by atomic mass is 16.6. The minimum atomic E-state index is -0.984. The Kier molecular flexibility index (Phi) is 7.48. The molecule has 0 aliphatic carbocycles. The van der Waals surface area contributed by atoms with E-state index in [0.29, 0.717) is 6.42 Å². The van der Waals surface area contributed by atoms with E-state index >= 15 is 0 Å². The van der Waals surface area contributed by atoms with Crippen molar-refractivity contribution in [3.63, 3.8) is 0 Å². The lowest BCUT2D eigenvalue weighted by Gasteiger charge is -2.17. The van der Waals surface area contributed by atoms with Crippen molar-refractivity contribution >= 4 is 23.1 Å². The minimum Gasteiger partial charge on any atom is -0.477 e. The second kappa shape index (κ2) is 10.3. The molecule has 0 unspecified atom stereocenters. The van der Waals surface area contributed by atoms with Gasteiger partial charge < -0.3 is 25.0 Å². The maximum atomic E-state index is 11.5. The van der Waals surface area contributed by atoms with E-state index in [1.54, 1.807) is 12.1 Å². The average molecular weight is 462 g/mol. The number of ether oxygens (including phenoxy) is 2. The van der Waals surface area contributed by atoms with Crippen LogP contribution in [-0.4, -0.2) is 56.4 Å². The number of pyridine rings is 1. The molecule has 1 aliphatic rings. The Morgan fingerprint density at radius 1 is 1.27 bits per heavy atom. The highest BCUT2D eigenvalue weighted by Gasteiger charge is 2.37. The zero-order valence-corrected chi connectivity index (χ0v) is 17.5. The number of rotatable bonds is 9. The number of carbonyl (C=O) groups is 1. The van der Waals surface area contributed by atoms with Crippen LogP contribution in [0.15, 0.2) is 30.3 Å². The molecule has 3 N–H and O–H groups in total. The Morgan fingerprint density at radius 3 is 2.52 bits per heavy atom. The summed E-state index contributed by atoms with van der Waals surface area (Å²) in [5.74, 6) is -0.913. The number of benzene rings is 1. The van der Waals surface area contributed by atoms with Gasteiger partial charge in [0.25, 0.3) is 5.69 Å². The molecular weight excluding hydrogens is 440 g/mol. The number of hydrogen-bond donors (Lipinski definition) is 3. The van der Waals surface area contributed by atoms with Crippen molar-refractivity contribution in [2.75, 3.05) is 18.5 Å². The van der Waals surface area contributed by atoms with E-state index in [-0.39, 0.29) is 36.0 Å². The Labute approximate surface area is 187 Å². The predicted molar refractivity (Wildman–Crippen MR) is 113 cm³/mol. The SMILES string of the molecule is CC(=O)Nc1nc(OCCc2ccc([N+](=O)[O-])cc2)c([C@H]2C[C@H](O)[C@@H](CO)O2)cc1[N+](=O)[O-]. The van der Waals surface area contributed by atoms with Gasteiger partial charge in [0, 0.05) is 38.0 Å². The first kappa shape index (κ1) is 24.0. The molecule has 0 bridgehead atoms. The van der Waals surface area contributed by atoms with Crippen molar-refractivity contribution in [1.29, 1.82) is 0 Å². The molecule has 33 heavy (non-hydrogen) atoms. The third-order valence-corrected chi connectivity index (χ3v) is 5.01. The highest BCUT2D eigenvalue weighted by molar-refractivity contribution is 5.90. The minimum absolute atomic E-state index is 0.0398. The van der Waals surface area contributed by atoms with Gasteiger partial charge in [-0.3, -0.25) is 25.0 Å². The van der Waals surface area contributed by atoms with Crippen LogP contribution >= 0.6 is 0 Å². The molecule has 1 saturated heterocycles. The number of aromatic nitrogens is 1. The maximum Gasteiger partial charge on any atom is 0.312 e. The number of nitro benzene ring substituents is 1. The van der Waals surface area contributed by atoms with Crippen molar-refractivity contribution in [3.05, 3.63) is 61.7 Å². The van der Waals surface area contributed by atoms with Gasteiger partial charge in [-0.1, -0.05) is 12.1 Å². The summed E-state index contributed by atoms with van der Waals surface area (Å²) in [6.07, 6.45) is -2.27. The molecule has 2 heterocycles. The predicted octanol–water partition coefficient (Wildman–Crippen LogP) is 1.66.